The number of pyridine rings is 1. The topological polar surface area (TPSA) is 35.6 Å². The van der Waals surface area contributed by atoms with Crippen molar-refractivity contribution in [2.45, 2.75) is 38.6 Å². The van der Waals surface area contributed by atoms with Crippen molar-refractivity contribution in [3.8, 4) is 0 Å². The Kier molecular flexibility index (Phi) is 5.36. The minimum Gasteiger partial charge on any atom is -0.361 e. The molecule has 0 bridgehead atoms. The van der Waals surface area contributed by atoms with E-state index in [0.717, 1.165) is 10.6 Å². The Morgan fingerprint density at radius 1 is 1.38 bits per heavy atom. The molecule has 0 atom stereocenters. The van der Waals surface area contributed by atoms with Crippen LogP contribution < -0.4 is 5.56 Å². The lowest BCUT2D eigenvalue weighted by atomic mass is 10.2. The van der Waals surface area contributed by atoms with Crippen molar-refractivity contribution < 1.29 is 17.9 Å². The van der Waals surface area contributed by atoms with E-state index in [-0.39, 0.29) is 6.73 Å². The number of rotatable bonds is 5. The second kappa shape index (κ2) is 6.45. The summed E-state index contributed by atoms with van der Waals surface area (Å²) < 4.78 is 44.2. The van der Waals surface area contributed by atoms with Crippen LogP contribution in [0, 0.1) is 6.57 Å². The van der Waals surface area contributed by atoms with E-state index in [2.05, 4.69) is 24.5 Å². The van der Waals surface area contributed by atoms with E-state index < -0.39 is 31.1 Å². The molecule has 1 aromatic heterocycles. The number of halogens is 3. The zero-order chi connectivity index (χ0) is 16.3. The van der Waals surface area contributed by atoms with Crippen LogP contribution in [0.5, 0.6) is 0 Å². The standard InChI is InChI=1S/C13H17F3N2O2Si/c1-17-11-7-10(13(14,15)16)8-18(12(11)19)9-20-5-6-21(2,3)4/h7-8H,5-6,9H2,2-4H3. The van der Waals surface area contributed by atoms with Crippen LogP contribution >= 0.6 is 0 Å². The Morgan fingerprint density at radius 3 is 2.48 bits per heavy atom. The molecule has 0 saturated heterocycles. The largest absolute Gasteiger partial charge is 0.416 e. The molecule has 0 amide bonds. The van der Waals surface area contributed by atoms with E-state index in [1.165, 1.54) is 0 Å². The summed E-state index contributed by atoms with van der Waals surface area (Å²) in [6, 6.07) is 1.41. The summed E-state index contributed by atoms with van der Waals surface area (Å²) >= 11 is 0. The molecule has 0 saturated carbocycles. The third kappa shape index (κ3) is 5.36. The molecular formula is C13H17F3N2O2Si. The molecule has 116 valence electrons. The SMILES string of the molecule is [C-]#[N+]c1cc(C(F)(F)F)cn(COCC[Si](C)(C)C)c1=O. The first kappa shape index (κ1) is 17.5. The average Bonchev–Trinajstić information content (AvgIpc) is 2.33. The molecule has 0 aromatic carbocycles. The molecule has 1 heterocycles. The van der Waals surface area contributed by atoms with E-state index in [9.17, 15) is 18.0 Å². The van der Waals surface area contributed by atoms with Gasteiger partial charge in [0.05, 0.1) is 12.1 Å². The van der Waals surface area contributed by atoms with Crippen LogP contribution in [0.4, 0.5) is 18.9 Å². The minimum atomic E-state index is -4.60. The van der Waals surface area contributed by atoms with Gasteiger partial charge >= 0.3 is 6.18 Å². The average molecular weight is 318 g/mol. The van der Waals surface area contributed by atoms with Crippen molar-refractivity contribution in [2.24, 2.45) is 0 Å². The van der Waals surface area contributed by atoms with Gasteiger partial charge in [-0.25, -0.2) is 4.85 Å². The predicted molar refractivity (Wildman–Crippen MR) is 76.1 cm³/mol. The molecule has 0 N–H and O–H groups in total. The lowest BCUT2D eigenvalue weighted by molar-refractivity contribution is -0.138. The number of hydrogen-bond acceptors (Lipinski definition) is 2. The summed E-state index contributed by atoms with van der Waals surface area (Å²) in [4.78, 5) is 14.6. The molecule has 0 aliphatic rings. The summed E-state index contributed by atoms with van der Waals surface area (Å²) in [5.74, 6) is 0. The van der Waals surface area contributed by atoms with Gasteiger partial charge in [-0.3, -0.25) is 9.36 Å². The van der Waals surface area contributed by atoms with Crippen molar-refractivity contribution in [1.82, 2.24) is 4.57 Å². The molecule has 0 radical (unpaired) electrons. The second-order valence-corrected chi connectivity index (χ2v) is 11.5. The lowest BCUT2D eigenvalue weighted by Gasteiger charge is -2.16. The van der Waals surface area contributed by atoms with Gasteiger partial charge in [-0.05, 0) is 12.1 Å². The van der Waals surface area contributed by atoms with Crippen LogP contribution in [0.1, 0.15) is 5.56 Å². The maximum absolute atomic E-state index is 12.7. The molecule has 1 rings (SSSR count). The van der Waals surface area contributed by atoms with Crippen molar-refractivity contribution in [3.63, 3.8) is 0 Å². The maximum atomic E-state index is 12.7. The second-order valence-electron chi connectivity index (χ2n) is 5.85. The van der Waals surface area contributed by atoms with Gasteiger partial charge < -0.3 is 4.74 Å². The molecule has 0 unspecified atom stereocenters. The quantitative estimate of drug-likeness (QED) is 0.471. The van der Waals surface area contributed by atoms with Gasteiger partial charge in [-0.1, -0.05) is 19.6 Å². The molecular weight excluding hydrogens is 301 g/mol. The number of hydrogen-bond donors (Lipinski definition) is 0. The summed E-state index contributed by atoms with van der Waals surface area (Å²) in [6.07, 6.45) is -3.92. The van der Waals surface area contributed by atoms with Crippen LogP contribution in [0.15, 0.2) is 17.1 Å². The molecule has 1 aromatic rings. The summed E-state index contributed by atoms with van der Waals surface area (Å²) in [6.45, 7) is 13.3. The molecule has 0 fully saturated rings. The molecule has 0 aliphatic carbocycles. The Hall–Kier alpha value is -1.59. The first-order valence-corrected chi connectivity index (χ1v) is 10.0. The fourth-order valence-corrected chi connectivity index (χ4v) is 2.25. The highest BCUT2D eigenvalue weighted by Crippen LogP contribution is 2.30. The van der Waals surface area contributed by atoms with E-state index in [1.807, 2.05) is 0 Å². The van der Waals surface area contributed by atoms with Crippen molar-refractivity contribution in [2.75, 3.05) is 6.61 Å². The fourth-order valence-electron chi connectivity index (χ4n) is 1.49. The van der Waals surface area contributed by atoms with Gasteiger partial charge in [0.25, 0.3) is 11.2 Å². The smallest absolute Gasteiger partial charge is 0.361 e. The Balaban J connectivity index is 2.92. The zero-order valence-electron chi connectivity index (χ0n) is 12.1. The molecule has 0 spiro atoms. The van der Waals surface area contributed by atoms with Crippen LogP contribution in [0.25, 0.3) is 4.85 Å². The number of ether oxygens (including phenoxy) is 1. The Bertz CT molecular complexity index is 597. The monoisotopic (exact) mass is 318 g/mol. The van der Waals surface area contributed by atoms with Gasteiger partial charge in [-0.15, -0.1) is 0 Å². The normalized spacial score (nSPS) is 12.2. The molecule has 21 heavy (non-hydrogen) atoms. The van der Waals surface area contributed by atoms with Crippen molar-refractivity contribution >= 4 is 13.8 Å². The summed E-state index contributed by atoms with van der Waals surface area (Å²) in [5, 5.41) is 0. The maximum Gasteiger partial charge on any atom is 0.416 e. The summed E-state index contributed by atoms with van der Waals surface area (Å²) in [5.41, 5.74) is -2.36. The van der Waals surface area contributed by atoms with Crippen molar-refractivity contribution in [1.29, 1.82) is 0 Å². The van der Waals surface area contributed by atoms with Gasteiger partial charge in [0.15, 0.2) is 0 Å². The highest BCUT2D eigenvalue weighted by atomic mass is 28.3. The fraction of sp³-hybridized carbons (Fsp3) is 0.538. The van der Waals surface area contributed by atoms with Gasteiger partial charge in [0.1, 0.15) is 6.73 Å². The minimum absolute atomic E-state index is 0.282. The van der Waals surface area contributed by atoms with Crippen LogP contribution in [-0.4, -0.2) is 19.2 Å². The summed E-state index contributed by atoms with van der Waals surface area (Å²) in [7, 11) is -1.31. The van der Waals surface area contributed by atoms with Crippen LogP contribution in [0.3, 0.4) is 0 Å². The third-order valence-corrected chi connectivity index (χ3v) is 4.45. The van der Waals surface area contributed by atoms with Gasteiger partial charge in [0.2, 0.25) is 0 Å². The first-order valence-electron chi connectivity index (χ1n) is 6.31. The molecule has 4 nitrogen and oxygen atoms in total. The third-order valence-electron chi connectivity index (χ3n) is 2.74. The van der Waals surface area contributed by atoms with E-state index in [1.54, 1.807) is 0 Å². The van der Waals surface area contributed by atoms with Crippen molar-refractivity contribution in [3.05, 3.63) is 39.6 Å². The van der Waals surface area contributed by atoms with E-state index >= 15 is 0 Å². The highest BCUT2D eigenvalue weighted by molar-refractivity contribution is 6.76. The number of alkyl halides is 3. The van der Waals surface area contributed by atoms with Gasteiger partial charge in [0, 0.05) is 20.9 Å². The molecule has 0 aliphatic heterocycles. The Labute approximate surface area is 122 Å². The zero-order valence-corrected chi connectivity index (χ0v) is 13.1. The lowest BCUT2D eigenvalue weighted by Crippen LogP contribution is -2.25. The number of aromatic nitrogens is 1. The van der Waals surface area contributed by atoms with E-state index in [4.69, 9.17) is 11.3 Å². The van der Waals surface area contributed by atoms with Crippen LogP contribution in [0.2, 0.25) is 25.7 Å². The predicted octanol–water partition coefficient (Wildman–Crippen LogP) is 3.73. The highest BCUT2D eigenvalue weighted by Gasteiger charge is 2.32. The number of nitrogens with zero attached hydrogens (tertiary/aromatic N) is 2. The van der Waals surface area contributed by atoms with Crippen LogP contribution in [-0.2, 0) is 17.6 Å². The Morgan fingerprint density at radius 2 is 2.00 bits per heavy atom. The molecule has 8 heteroatoms. The first-order chi connectivity index (χ1) is 9.54. The van der Waals surface area contributed by atoms with Gasteiger partial charge in [-0.2, -0.15) is 13.2 Å². The van der Waals surface area contributed by atoms with E-state index in [0.29, 0.717) is 18.9 Å².